The monoisotopic (exact) mass is 573 g/mol. The summed E-state index contributed by atoms with van der Waals surface area (Å²) in [6, 6.07) is 15.6. The number of hydrogen-bond donors (Lipinski definition) is 3. The number of carbonyl (C=O) groups is 1. The number of rotatable bonds is 7. The highest BCUT2D eigenvalue weighted by Crippen LogP contribution is 2.30. The maximum atomic E-state index is 13.8. The molecule has 1 heterocycles. The normalized spacial score (nSPS) is 10.9. The zero-order valence-corrected chi connectivity index (χ0v) is 21.7. The van der Waals surface area contributed by atoms with Crippen molar-refractivity contribution in [1.29, 1.82) is 0 Å². The fourth-order valence-corrected chi connectivity index (χ4v) is 3.85. The van der Waals surface area contributed by atoms with Crippen molar-refractivity contribution in [3.63, 3.8) is 0 Å². The standard InChI is InChI=1S/C25H22BrClFN5O3/c1-14(2)13-29-21-10-3-15(11-22(21)31-24(34)30-17-6-4-16(27)5-7-17)23-32-36-25(35)33(23)18-8-9-20(28)19(26)12-18/h3-12,14,29H,13H2,1-2H3,(H2,30,31,34). The van der Waals surface area contributed by atoms with Crippen molar-refractivity contribution in [3.05, 3.63) is 86.5 Å². The van der Waals surface area contributed by atoms with Gasteiger partial charge in [0.25, 0.3) is 0 Å². The van der Waals surface area contributed by atoms with Crippen LogP contribution in [0.1, 0.15) is 13.8 Å². The maximum absolute atomic E-state index is 13.8. The fourth-order valence-electron chi connectivity index (χ4n) is 3.36. The minimum Gasteiger partial charge on any atom is -0.383 e. The van der Waals surface area contributed by atoms with Crippen LogP contribution in [-0.4, -0.2) is 22.3 Å². The van der Waals surface area contributed by atoms with Crippen LogP contribution in [-0.2, 0) is 0 Å². The molecule has 1 aromatic heterocycles. The number of anilines is 3. The number of nitrogens with one attached hydrogen (secondary N) is 3. The van der Waals surface area contributed by atoms with E-state index in [0.717, 1.165) is 0 Å². The Kier molecular flexibility index (Phi) is 7.76. The lowest BCUT2D eigenvalue weighted by Crippen LogP contribution is -2.21. The van der Waals surface area contributed by atoms with Crippen molar-refractivity contribution in [2.75, 3.05) is 22.5 Å². The van der Waals surface area contributed by atoms with Gasteiger partial charge in [0.15, 0.2) is 5.82 Å². The van der Waals surface area contributed by atoms with Crippen LogP contribution in [0.3, 0.4) is 0 Å². The first kappa shape index (κ1) is 25.5. The Morgan fingerprint density at radius 3 is 2.53 bits per heavy atom. The number of benzene rings is 3. The average molecular weight is 575 g/mol. The Bertz CT molecular complexity index is 1450. The van der Waals surface area contributed by atoms with Gasteiger partial charge in [-0.15, -0.1) is 0 Å². The Balaban J connectivity index is 1.69. The smallest absolute Gasteiger partial charge is 0.383 e. The van der Waals surface area contributed by atoms with Gasteiger partial charge in [-0.2, -0.15) is 0 Å². The Hall–Kier alpha value is -3.63. The number of amides is 2. The molecule has 4 aromatic rings. The summed E-state index contributed by atoms with van der Waals surface area (Å²) in [5.41, 5.74) is 2.57. The molecule has 0 radical (unpaired) electrons. The van der Waals surface area contributed by atoms with E-state index < -0.39 is 17.6 Å². The molecule has 3 N–H and O–H groups in total. The molecule has 2 amide bonds. The molecule has 8 nitrogen and oxygen atoms in total. The van der Waals surface area contributed by atoms with Crippen molar-refractivity contribution >= 4 is 50.6 Å². The first-order valence-electron chi connectivity index (χ1n) is 11.0. The molecule has 0 fully saturated rings. The summed E-state index contributed by atoms with van der Waals surface area (Å²) in [5.74, 6) is -0.655. The van der Waals surface area contributed by atoms with Crippen molar-refractivity contribution in [1.82, 2.24) is 9.72 Å². The molecule has 0 saturated carbocycles. The molecule has 0 saturated heterocycles. The SMILES string of the molecule is CC(C)CNc1ccc(-c2noc(=O)n2-c2ccc(F)c(Br)c2)cc1NC(=O)Nc1ccc(Cl)cc1. The first-order chi connectivity index (χ1) is 17.2. The molecule has 0 atom stereocenters. The van der Waals surface area contributed by atoms with E-state index in [4.69, 9.17) is 16.1 Å². The molecule has 0 aliphatic heterocycles. The van der Waals surface area contributed by atoms with E-state index in [1.54, 1.807) is 42.5 Å². The van der Waals surface area contributed by atoms with Crippen LogP contribution >= 0.6 is 27.5 Å². The number of nitrogens with zero attached hydrogens (tertiary/aromatic N) is 2. The third-order valence-electron chi connectivity index (χ3n) is 5.09. The van der Waals surface area contributed by atoms with Crippen LogP contribution in [0.4, 0.5) is 26.2 Å². The lowest BCUT2D eigenvalue weighted by molar-refractivity contribution is 0.262. The van der Waals surface area contributed by atoms with Gasteiger partial charge < -0.3 is 16.0 Å². The molecule has 11 heteroatoms. The van der Waals surface area contributed by atoms with E-state index in [-0.39, 0.29) is 10.3 Å². The number of carbonyl (C=O) groups excluding carboxylic acids is 1. The molecule has 0 aliphatic carbocycles. The Morgan fingerprint density at radius 1 is 1.08 bits per heavy atom. The summed E-state index contributed by atoms with van der Waals surface area (Å²) in [4.78, 5) is 25.2. The molecule has 3 aromatic carbocycles. The first-order valence-corrected chi connectivity index (χ1v) is 12.1. The van der Waals surface area contributed by atoms with Crippen LogP contribution in [0.15, 0.2) is 74.5 Å². The number of hydrogen-bond acceptors (Lipinski definition) is 5. The van der Waals surface area contributed by atoms with Gasteiger partial charge in [-0.05, 0) is 82.5 Å². The number of aromatic nitrogens is 2. The van der Waals surface area contributed by atoms with Gasteiger partial charge in [-0.25, -0.2) is 18.5 Å². The maximum Gasteiger partial charge on any atom is 0.446 e. The second kappa shape index (κ2) is 11.0. The molecular formula is C25H22BrClFN5O3. The van der Waals surface area contributed by atoms with E-state index in [0.29, 0.717) is 45.8 Å². The van der Waals surface area contributed by atoms with Gasteiger partial charge >= 0.3 is 11.8 Å². The lowest BCUT2D eigenvalue weighted by Gasteiger charge is -2.16. The van der Waals surface area contributed by atoms with Gasteiger partial charge in [0, 0.05) is 22.8 Å². The molecule has 0 aliphatic rings. The van der Waals surface area contributed by atoms with Crippen molar-refractivity contribution in [3.8, 4) is 17.1 Å². The third-order valence-corrected chi connectivity index (χ3v) is 5.95. The highest BCUT2D eigenvalue weighted by molar-refractivity contribution is 9.10. The number of urea groups is 1. The zero-order chi connectivity index (χ0) is 25.8. The van der Waals surface area contributed by atoms with Crippen LogP contribution in [0, 0.1) is 11.7 Å². The minimum absolute atomic E-state index is 0.188. The molecule has 36 heavy (non-hydrogen) atoms. The van der Waals surface area contributed by atoms with Crippen LogP contribution in [0.5, 0.6) is 0 Å². The number of halogens is 3. The van der Waals surface area contributed by atoms with E-state index in [1.165, 1.54) is 22.8 Å². The molecular weight excluding hydrogens is 553 g/mol. The summed E-state index contributed by atoms with van der Waals surface area (Å²) in [5, 5.41) is 13.4. The summed E-state index contributed by atoms with van der Waals surface area (Å²) >= 11 is 9.05. The summed E-state index contributed by atoms with van der Waals surface area (Å²) in [6.45, 7) is 4.80. The average Bonchev–Trinajstić information content (AvgIpc) is 3.22. The predicted octanol–water partition coefficient (Wildman–Crippen LogP) is 6.76. The zero-order valence-electron chi connectivity index (χ0n) is 19.3. The minimum atomic E-state index is -0.736. The van der Waals surface area contributed by atoms with E-state index >= 15 is 0 Å². The highest BCUT2D eigenvalue weighted by atomic mass is 79.9. The van der Waals surface area contributed by atoms with E-state index in [2.05, 4.69) is 50.9 Å². The highest BCUT2D eigenvalue weighted by Gasteiger charge is 2.18. The summed E-state index contributed by atoms with van der Waals surface area (Å²) < 4.78 is 20.1. The van der Waals surface area contributed by atoms with E-state index in [9.17, 15) is 14.0 Å². The molecule has 0 spiro atoms. The Morgan fingerprint density at radius 2 is 1.83 bits per heavy atom. The van der Waals surface area contributed by atoms with Crippen LogP contribution in [0.25, 0.3) is 17.1 Å². The summed E-state index contributed by atoms with van der Waals surface area (Å²) in [7, 11) is 0. The summed E-state index contributed by atoms with van der Waals surface area (Å²) in [6.07, 6.45) is 0. The molecule has 4 rings (SSSR count). The topological polar surface area (TPSA) is 101 Å². The molecule has 0 bridgehead atoms. The molecule has 0 unspecified atom stereocenters. The van der Waals surface area contributed by atoms with E-state index in [1.807, 2.05) is 0 Å². The fraction of sp³-hybridized carbons (Fsp3) is 0.160. The predicted molar refractivity (Wildman–Crippen MR) is 143 cm³/mol. The van der Waals surface area contributed by atoms with Gasteiger partial charge in [0.2, 0.25) is 0 Å². The van der Waals surface area contributed by atoms with Gasteiger partial charge in [0.05, 0.1) is 21.5 Å². The third kappa shape index (κ3) is 5.95. The second-order valence-corrected chi connectivity index (χ2v) is 9.62. The largest absolute Gasteiger partial charge is 0.446 e. The van der Waals surface area contributed by atoms with Gasteiger partial charge in [-0.3, -0.25) is 4.52 Å². The van der Waals surface area contributed by atoms with Gasteiger partial charge in [-0.1, -0.05) is 30.6 Å². The quantitative estimate of drug-likeness (QED) is 0.226. The lowest BCUT2D eigenvalue weighted by atomic mass is 10.1. The molecule has 186 valence electrons. The van der Waals surface area contributed by atoms with Crippen LogP contribution < -0.4 is 21.7 Å². The van der Waals surface area contributed by atoms with Crippen molar-refractivity contribution in [2.45, 2.75) is 13.8 Å². The van der Waals surface area contributed by atoms with Gasteiger partial charge in [0.1, 0.15) is 5.82 Å². The Labute approximate surface area is 219 Å². The van der Waals surface area contributed by atoms with Crippen molar-refractivity contribution in [2.24, 2.45) is 5.92 Å². The van der Waals surface area contributed by atoms with Crippen molar-refractivity contribution < 1.29 is 13.7 Å². The second-order valence-electron chi connectivity index (χ2n) is 8.33. The van der Waals surface area contributed by atoms with Crippen LogP contribution in [0.2, 0.25) is 5.02 Å².